The largest absolute Gasteiger partial charge is 0.493 e. The van der Waals surface area contributed by atoms with E-state index in [1.54, 1.807) is 55.7 Å². The number of amides is 1. The van der Waals surface area contributed by atoms with Gasteiger partial charge in [0.2, 0.25) is 0 Å². The molecule has 214 valence electrons. The highest BCUT2D eigenvalue weighted by molar-refractivity contribution is 6.04. The third-order valence-electron chi connectivity index (χ3n) is 6.92. The highest BCUT2D eigenvalue weighted by Crippen LogP contribution is 2.34. The van der Waals surface area contributed by atoms with Crippen molar-refractivity contribution in [3.8, 4) is 17.2 Å². The molecule has 0 spiro atoms. The summed E-state index contributed by atoms with van der Waals surface area (Å²) >= 11 is 0. The predicted molar refractivity (Wildman–Crippen MR) is 169 cm³/mol. The molecule has 3 aromatic rings. The lowest BCUT2D eigenvalue weighted by atomic mass is 10.1. The van der Waals surface area contributed by atoms with Crippen LogP contribution in [0.3, 0.4) is 0 Å². The van der Waals surface area contributed by atoms with E-state index in [1.807, 2.05) is 31.2 Å². The number of allylic oxidation sites excluding steroid dienone is 3. The number of anilines is 3. The smallest absolute Gasteiger partial charge is 0.255 e. The molecule has 2 heterocycles. The SMILES string of the molecule is C/C=C1\CC(CN2CCCC2)=CN1c1ccc(C(=O)Nc2ccc(Oc3ccc(N)cc3OC)cc2)cc1.C=CC. The summed E-state index contributed by atoms with van der Waals surface area (Å²) < 4.78 is 11.3. The highest BCUT2D eigenvalue weighted by Gasteiger charge is 2.22. The van der Waals surface area contributed by atoms with E-state index in [0.29, 0.717) is 34.2 Å². The van der Waals surface area contributed by atoms with E-state index < -0.39 is 0 Å². The van der Waals surface area contributed by atoms with Gasteiger partial charge in [0.15, 0.2) is 11.5 Å². The van der Waals surface area contributed by atoms with E-state index in [1.165, 1.54) is 37.2 Å². The molecule has 0 saturated carbocycles. The molecular weight excluding hydrogens is 512 g/mol. The zero-order valence-corrected chi connectivity index (χ0v) is 24.2. The molecule has 1 amide bonds. The highest BCUT2D eigenvalue weighted by atomic mass is 16.5. The first kappa shape index (κ1) is 29.5. The van der Waals surface area contributed by atoms with Gasteiger partial charge in [-0.15, -0.1) is 6.58 Å². The van der Waals surface area contributed by atoms with Crippen LogP contribution in [0.1, 0.15) is 43.5 Å². The van der Waals surface area contributed by atoms with Crippen molar-refractivity contribution in [3.63, 3.8) is 0 Å². The molecule has 3 N–H and O–H groups in total. The summed E-state index contributed by atoms with van der Waals surface area (Å²) in [7, 11) is 1.57. The average Bonchev–Trinajstić information content (AvgIpc) is 3.65. The van der Waals surface area contributed by atoms with Gasteiger partial charge >= 0.3 is 0 Å². The first-order valence-corrected chi connectivity index (χ1v) is 14.0. The number of nitrogen functional groups attached to an aromatic ring is 1. The van der Waals surface area contributed by atoms with Crippen molar-refractivity contribution >= 4 is 23.0 Å². The monoisotopic (exact) mass is 552 g/mol. The molecule has 0 bridgehead atoms. The number of methoxy groups -OCH3 is 1. The Bertz CT molecular complexity index is 1390. The molecule has 1 saturated heterocycles. The van der Waals surface area contributed by atoms with Crippen molar-refractivity contribution in [1.29, 1.82) is 0 Å². The first-order valence-electron chi connectivity index (χ1n) is 14.0. The van der Waals surface area contributed by atoms with Crippen molar-refractivity contribution < 1.29 is 14.3 Å². The number of nitrogens with two attached hydrogens (primary N) is 1. The van der Waals surface area contributed by atoms with Gasteiger partial charge in [-0.3, -0.25) is 9.69 Å². The molecule has 0 atom stereocenters. The second-order valence-electron chi connectivity index (χ2n) is 10.0. The van der Waals surface area contributed by atoms with Gasteiger partial charge in [0, 0.05) is 53.6 Å². The first-order chi connectivity index (χ1) is 19.9. The summed E-state index contributed by atoms with van der Waals surface area (Å²) in [5.74, 6) is 1.58. The van der Waals surface area contributed by atoms with Crippen molar-refractivity contribution in [2.45, 2.75) is 33.1 Å². The van der Waals surface area contributed by atoms with Crippen LogP contribution in [0.25, 0.3) is 0 Å². The Morgan fingerprint density at radius 1 is 1.00 bits per heavy atom. The Morgan fingerprint density at radius 2 is 1.68 bits per heavy atom. The normalized spacial score (nSPS) is 15.6. The van der Waals surface area contributed by atoms with Crippen molar-refractivity contribution in [2.24, 2.45) is 0 Å². The van der Waals surface area contributed by atoms with Crippen LogP contribution < -0.4 is 25.4 Å². The Kier molecular flexibility index (Phi) is 10.2. The molecule has 7 nitrogen and oxygen atoms in total. The van der Waals surface area contributed by atoms with Gasteiger partial charge in [0.05, 0.1) is 7.11 Å². The molecule has 1 fully saturated rings. The number of nitrogens with zero attached hydrogens (tertiary/aromatic N) is 2. The topological polar surface area (TPSA) is 80.1 Å². The van der Waals surface area contributed by atoms with E-state index in [4.69, 9.17) is 15.2 Å². The molecule has 0 aromatic heterocycles. The van der Waals surface area contributed by atoms with Gasteiger partial charge in [0.1, 0.15) is 5.75 Å². The summed E-state index contributed by atoms with van der Waals surface area (Å²) in [6.45, 7) is 10.8. The number of hydrogen-bond acceptors (Lipinski definition) is 6. The van der Waals surface area contributed by atoms with Crippen LogP contribution in [-0.4, -0.2) is 37.6 Å². The van der Waals surface area contributed by atoms with Crippen LogP contribution in [0.5, 0.6) is 17.2 Å². The van der Waals surface area contributed by atoms with Crippen LogP contribution >= 0.6 is 0 Å². The fourth-order valence-electron chi connectivity index (χ4n) is 4.91. The van der Waals surface area contributed by atoms with Crippen LogP contribution in [0, 0.1) is 0 Å². The van der Waals surface area contributed by atoms with Crippen LogP contribution in [-0.2, 0) is 0 Å². The van der Waals surface area contributed by atoms with Gasteiger partial charge in [-0.05, 0) is 106 Å². The molecule has 41 heavy (non-hydrogen) atoms. The molecule has 2 aliphatic heterocycles. The third kappa shape index (κ3) is 7.80. The summed E-state index contributed by atoms with van der Waals surface area (Å²) in [5, 5.41) is 2.96. The maximum absolute atomic E-state index is 12.9. The summed E-state index contributed by atoms with van der Waals surface area (Å²) in [5.41, 5.74) is 11.5. The average molecular weight is 553 g/mol. The minimum atomic E-state index is -0.164. The zero-order chi connectivity index (χ0) is 29.2. The lowest BCUT2D eigenvalue weighted by molar-refractivity contribution is 0.102. The van der Waals surface area contributed by atoms with Crippen molar-refractivity contribution in [3.05, 3.63) is 108 Å². The Morgan fingerprint density at radius 3 is 2.32 bits per heavy atom. The number of nitrogens with one attached hydrogen (secondary N) is 1. The Labute approximate surface area is 243 Å². The van der Waals surface area contributed by atoms with Gasteiger partial charge in [-0.1, -0.05) is 12.2 Å². The number of carbonyl (C=O) groups is 1. The number of likely N-dealkylation sites (tertiary alicyclic amines) is 1. The number of rotatable bonds is 8. The molecule has 3 aromatic carbocycles. The molecular formula is C34H40N4O3. The van der Waals surface area contributed by atoms with Gasteiger partial charge in [0.25, 0.3) is 5.91 Å². The number of hydrogen-bond donors (Lipinski definition) is 2. The fraction of sp³-hybridized carbons (Fsp3) is 0.265. The van der Waals surface area contributed by atoms with E-state index in [-0.39, 0.29) is 5.91 Å². The van der Waals surface area contributed by atoms with Gasteiger partial charge in [-0.25, -0.2) is 0 Å². The maximum atomic E-state index is 12.9. The summed E-state index contributed by atoms with van der Waals surface area (Å²) in [6, 6.07) is 20.2. The molecule has 0 unspecified atom stereocenters. The van der Waals surface area contributed by atoms with Gasteiger partial charge in [-0.2, -0.15) is 0 Å². The minimum absolute atomic E-state index is 0.164. The second-order valence-corrected chi connectivity index (χ2v) is 10.0. The Hall–Kier alpha value is -4.49. The lowest BCUT2D eigenvalue weighted by Gasteiger charge is -2.18. The standard InChI is InChI=1S/C31H34N4O3.C3H6/c1-3-26-18-22(20-34-16-4-5-17-34)21-35(26)27-11-6-23(7-12-27)31(36)33-25-9-13-28(14-10-25)38-29-15-8-24(32)19-30(29)37-2;1-3-2/h3,6-15,19,21H,4-5,16-18,20,32H2,1-2H3,(H,33,36);3H,1H2,2H3/b26-3+;. The van der Waals surface area contributed by atoms with E-state index in [9.17, 15) is 4.79 Å². The maximum Gasteiger partial charge on any atom is 0.255 e. The molecule has 0 radical (unpaired) electrons. The number of benzene rings is 3. The summed E-state index contributed by atoms with van der Waals surface area (Å²) in [4.78, 5) is 17.7. The molecule has 7 heteroatoms. The van der Waals surface area contributed by atoms with Gasteiger partial charge < -0.3 is 25.4 Å². The van der Waals surface area contributed by atoms with Crippen LogP contribution in [0.4, 0.5) is 17.1 Å². The van der Waals surface area contributed by atoms with E-state index >= 15 is 0 Å². The quantitative estimate of drug-likeness (QED) is 0.221. The zero-order valence-electron chi connectivity index (χ0n) is 24.2. The molecule has 5 rings (SSSR count). The van der Waals surface area contributed by atoms with Crippen LogP contribution in [0.15, 0.2) is 103 Å². The van der Waals surface area contributed by atoms with E-state index in [0.717, 1.165) is 18.7 Å². The molecule has 0 aliphatic carbocycles. The fourth-order valence-corrected chi connectivity index (χ4v) is 4.91. The van der Waals surface area contributed by atoms with E-state index in [2.05, 4.69) is 40.9 Å². The summed E-state index contributed by atoms with van der Waals surface area (Å²) in [6.07, 6.45) is 9.75. The van der Waals surface area contributed by atoms with Crippen molar-refractivity contribution in [1.82, 2.24) is 4.90 Å². The van der Waals surface area contributed by atoms with Crippen molar-refractivity contribution in [2.75, 3.05) is 42.7 Å². The Balaban J connectivity index is 0.00000124. The second kappa shape index (κ2) is 14.2. The number of ether oxygens (including phenoxy) is 2. The lowest BCUT2D eigenvalue weighted by Crippen LogP contribution is -2.21. The van der Waals surface area contributed by atoms with Crippen LogP contribution in [0.2, 0.25) is 0 Å². The molecule has 2 aliphatic rings. The third-order valence-corrected chi connectivity index (χ3v) is 6.92. The number of carbonyl (C=O) groups excluding carboxylic acids is 1. The minimum Gasteiger partial charge on any atom is -0.493 e. The predicted octanol–water partition coefficient (Wildman–Crippen LogP) is 7.61.